The lowest BCUT2D eigenvalue weighted by molar-refractivity contribution is -0.140. The summed E-state index contributed by atoms with van der Waals surface area (Å²) in [6.07, 6.45) is -0.529. The number of nitrogens with zero attached hydrogens (tertiary/aromatic N) is 1. The van der Waals surface area contributed by atoms with E-state index in [2.05, 4.69) is 0 Å². The van der Waals surface area contributed by atoms with Crippen molar-refractivity contribution in [1.82, 2.24) is 4.90 Å². The zero-order chi connectivity index (χ0) is 21.3. The Hall–Kier alpha value is -2.83. The summed E-state index contributed by atoms with van der Waals surface area (Å²) in [5.41, 5.74) is 0.672. The highest BCUT2D eigenvalue weighted by molar-refractivity contribution is 5.74. The average Bonchev–Trinajstić information content (AvgIpc) is 2.71. The summed E-state index contributed by atoms with van der Waals surface area (Å²) in [7, 11) is 0. The van der Waals surface area contributed by atoms with Crippen molar-refractivity contribution in [2.75, 3.05) is 0 Å². The van der Waals surface area contributed by atoms with Crippen LogP contribution in [0.2, 0.25) is 0 Å². The minimum Gasteiger partial charge on any atom is -0.445 e. The molecule has 0 N–H and O–H groups in total. The van der Waals surface area contributed by atoms with Crippen LogP contribution in [0, 0.1) is 5.82 Å². The third-order valence-corrected chi connectivity index (χ3v) is 5.70. The first kappa shape index (κ1) is 20.4. The van der Waals surface area contributed by atoms with E-state index in [-0.39, 0.29) is 18.7 Å². The van der Waals surface area contributed by atoms with Crippen LogP contribution in [0.15, 0.2) is 54.6 Å². The maximum absolute atomic E-state index is 13.6. The number of alkyl halides is 3. The monoisotopic (exact) mass is 419 g/mol. The Kier molecular flexibility index (Phi) is 5.54. The second-order valence-corrected chi connectivity index (χ2v) is 7.69. The van der Waals surface area contributed by atoms with Gasteiger partial charge in [0.2, 0.25) is 0 Å². The number of benzene rings is 2. The molecule has 1 amide bonds. The van der Waals surface area contributed by atoms with E-state index in [4.69, 9.17) is 4.74 Å². The molecule has 2 aromatic carbocycles. The number of carbonyl (C=O) groups excluding carboxylic acids is 1. The molecule has 0 aromatic heterocycles. The van der Waals surface area contributed by atoms with Gasteiger partial charge in [0.15, 0.2) is 0 Å². The number of amides is 1. The van der Waals surface area contributed by atoms with E-state index < -0.39 is 23.7 Å². The fourth-order valence-corrected chi connectivity index (χ4v) is 4.26. The molecule has 2 aromatic rings. The molecule has 4 rings (SSSR count). The molecule has 2 aliphatic heterocycles. The summed E-state index contributed by atoms with van der Waals surface area (Å²) in [6, 6.07) is 12.1. The Balaban J connectivity index is 1.54. The Morgan fingerprint density at radius 1 is 1.10 bits per heavy atom. The highest BCUT2D eigenvalue weighted by atomic mass is 19.4. The number of hydrogen-bond donors (Lipinski definition) is 0. The van der Waals surface area contributed by atoms with E-state index in [1.54, 1.807) is 4.90 Å². The number of carbonyl (C=O) groups is 1. The SMILES string of the molecule is O=C(OCc1ccccc1)N1C2C=C(c3ccc(F)c(C(F)(F)F)c3)CC1CCC2. The molecule has 2 heterocycles. The zero-order valence-corrected chi connectivity index (χ0v) is 16.2. The largest absolute Gasteiger partial charge is 0.445 e. The van der Waals surface area contributed by atoms with Crippen LogP contribution in [0.4, 0.5) is 22.4 Å². The smallest absolute Gasteiger partial charge is 0.419 e. The summed E-state index contributed by atoms with van der Waals surface area (Å²) in [5, 5.41) is 0. The molecule has 1 saturated heterocycles. The summed E-state index contributed by atoms with van der Waals surface area (Å²) in [5.74, 6) is -1.28. The van der Waals surface area contributed by atoms with Crippen molar-refractivity contribution in [2.45, 2.75) is 50.6 Å². The lowest BCUT2D eigenvalue weighted by Gasteiger charge is -2.44. The van der Waals surface area contributed by atoms with Crippen molar-refractivity contribution in [3.63, 3.8) is 0 Å². The van der Waals surface area contributed by atoms with Crippen LogP contribution in [-0.2, 0) is 17.5 Å². The summed E-state index contributed by atoms with van der Waals surface area (Å²) in [6.45, 7) is 0.166. The third-order valence-electron chi connectivity index (χ3n) is 5.70. The highest BCUT2D eigenvalue weighted by Crippen LogP contribution is 2.39. The summed E-state index contributed by atoms with van der Waals surface area (Å²) < 4.78 is 58.4. The van der Waals surface area contributed by atoms with Gasteiger partial charge in [-0.3, -0.25) is 4.90 Å². The quantitative estimate of drug-likeness (QED) is 0.555. The van der Waals surface area contributed by atoms with Gasteiger partial charge in [-0.1, -0.05) is 42.5 Å². The lowest BCUT2D eigenvalue weighted by atomic mass is 9.83. The van der Waals surface area contributed by atoms with E-state index in [1.165, 1.54) is 6.07 Å². The summed E-state index contributed by atoms with van der Waals surface area (Å²) >= 11 is 0. The zero-order valence-electron chi connectivity index (χ0n) is 16.2. The van der Waals surface area contributed by atoms with Gasteiger partial charge in [-0.25, -0.2) is 9.18 Å². The van der Waals surface area contributed by atoms with Crippen LogP contribution in [0.25, 0.3) is 5.57 Å². The first-order chi connectivity index (χ1) is 14.3. The van der Waals surface area contributed by atoms with Crippen molar-refractivity contribution < 1.29 is 27.1 Å². The van der Waals surface area contributed by atoms with Gasteiger partial charge in [-0.05, 0) is 54.5 Å². The fraction of sp³-hybridized carbons (Fsp3) is 0.348. The van der Waals surface area contributed by atoms with E-state index in [0.29, 0.717) is 24.0 Å². The van der Waals surface area contributed by atoms with Crippen molar-refractivity contribution in [3.8, 4) is 0 Å². The molecule has 30 heavy (non-hydrogen) atoms. The normalized spacial score (nSPS) is 21.2. The molecule has 0 saturated carbocycles. The third kappa shape index (κ3) is 4.20. The minimum atomic E-state index is -4.75. The topological polar surface area (TPSA) is 29.5 Å². The second kappa shape index (κ2) is 8.13. The Morgan fingerprint density at radius 3 is 2.57 bits per heavy atom. The maximum atomic E-state index is 13.6. The lowest BCUT2D eigenvalue weighted by Crippen LogP contribution is -2.51. The van der Waals surface area contributed by atoms with Gasteiger partial charge in [0.25, 0.3) is 0 Å². The van der Waals surface area contributed by atoms with Crippen LogP contribution in [0.1, 0.15) is 42.4 Å². The Bertz CT molecular complexity index is 955. The first-order valence-electron chi connectivity index (χ1n) is 9.90. The molecular weight excluding hydrogens is 398 g/mol. The van der Waals surface area contributed by atoms with Crippen LogP contribution in [0.5, 0.6) is 0 Å². The predicted molar refractivity (Wildman–Crippen MR) is 104 cm³/mol. The maximum Gasteiger partial charge on any atom is 0.419 e. The molecule has 2 bridgehead atoms. The van der Waals surface area contributed by atoms with E-state index in [0.717, 1.165) is 30.5 Å². The number of hydrogen-bond acceptors (Lipinski definition) is 2. The number of piperidine rings is 1. The molecule has 0 radical (unpaired) electrons. The molecule has 2 unspecified atom stereocenters. The minimum absolute atomic E-state index is 0.147. The van der Waals surface area contributed by atoms with Crippen molar-refractivity contribution in [2.24, 2.45) is 0 Å². The standard InChI is InChI=1S/C23H21F4NO2/c24-21-10-9-16(13-20(21)23(25,26)27)17-11-18-7-4-8-19(12-17)28(18)22(29)30-14-15-5-2-1-3-6-15/h1-3,5-6,9-11,13,18-19H,4,7-8,12,14H2. The second-order valence-electron chi connectivity index (χ2n) is 7.69. The fourth-order valence-electron chi connectivity index (χ4n) is 4.26. The van der Waals surface area contributed by atoms with Gasteiger partial charge in [0.05, 0.1) is 11.6 Å². The molecular formula is C23H21F4NO2. The molecule has 1 fully saturated rings. The molecule has 158 valence electrons. The molecule has 0 aliphatic carbocycles. The van der Waals surface area contributed by atoms with Crippen molar-refractivity contribution >= 4 is 11.7 Å². The van der Waals surface area contributed by atoms with E-state index >= 15 is 0 Å². The molecule has 2 aliphatic rings. The van der Waals surface area contributed by atoms with Gasteiger partial charge in [0, 0.05) is 6.04 Å². The van der Waals surface area contributed by atoms with Gasteiger partial charge in [-0.15, -0.1) is 0 Å². The van der Waals surface area contributed by atoms with Crippen molar-refractivity contribution in [1.29, 1.82) is 0 Å². The highest BCUT2D eigenvalue weighted by Gasteiger charge is 2.39. The number of ether oxygens (including phenoxy) is 1. The van der Waals surface area contributed by atoms with Gasteiger partial charge in [0.1, 0.15) is 12.4 Å². The number of rotatable bonds is 3. The summed E-state index contributed by atoms with van der Waals surface area (Å²) in [4.78, 5) is 14.4. The van der Waals surface area contributed by atoms with Crippen LogP contribution in [0.3, 0.4) is 0 Å². The molecule has 7 heteroatoms. The van der Waals surface area contributed by atoms with Gasteiger partial charge < -0.3 is 4.74 Å². The Morgan fingerprint density at radius 2 is 1.87 bits per heavy atom. The molecule has 3 nitrogen and oxygen atoms in total. The van der Waals surface area contributed by atoms with Crippen LogP contribution >= 0.6 is 0 Å². The van der Waals surface area contributed by atoms with Crippen LogP contribution in [-0.4, -0.2) is 23.1 Å². The van der Waals surface area contributed by atoms with Gasteiger partial charge >= 0.3 is 12.3 Å². The number of halogens is 4. The average molecular weight is 419 g/mol. The van der Waals surface area contributed by atoms with E-state index in [9.17, 15) is 22.4 Å². The first-order valence-corrected chi connectivity index (χ1v) is 9.90. The van der Waals surface area contributed by atoms with E-state index in [1.807, 2.05) is 36.4 Å². The predicted octanol–water partition coefficient (Wildman–Crippen LogP) is 6.19. The van der Waals surface area contributed by atoms with Gasteiger partial charge in [-0.2, -0.15) is 13.2 Å². The van der Waals surface area contributed by atoms with Crippen LogP contribution < -0.4 is 0 Å². The Labute approximate surface area is 171 Å². The molecule has 0 spiro atoms. The van der Waals surface area contributed by atoms with Crippen molar-refractivity contribution in [3.05, 3.63) is 77.1 Å². The number of fused-ring (bicyclic) bond motifs is 2. The molecule has 2 atom stereocenters.